The molecule has 0 saturated heterocycles. The van der Waals surface area contributed by atoms with Gasteiger partial charge in [0, 0.05) is 71.7 Å². The lowest BCUT2D eigenvalue weighted by atomic mass is 9.92. The first-order chi connectivity index (χ1) is 47.7. The van der Waals surface area contributed by atoms with Crippen molar-refractivity contribution in [2.45, 2.75) is 337 Å². The highest BCUT2D eigenvalue weighted by Crippen LogP contribution is 2.31. The number of nitrogens with zero attached hydrogens (tertiary/aromatic N) is 6. The minimum absolute atomic E-state index is 0.115. The van der Waals surface area contributed by atoms with Crippen LogP contribution in [0.5, 0.6) is 0 Å². The second-order valence-electron chi connectivity index (χ2n) is 32.7. The summed E-state index contributed by atoms with van der Waals surface area (Å²) in [6.45, 7) is 75.1. The summed E-state index contributed by atoms with van der Waals surface area (Å²) in [7, 11) is 0. The summed E-state index contributed by atoms with van der Waals surface area (Å²) >= 11 is 12.1. The van der Waals surface area contributed by atoms with E-state index < -0.39 is 11.6 Å². The lowest BCUT2D eigenvalue weighted by Crippen LogP contribution is -2.01. The summed E-state index contributed by atoms with van der Waals surface area (Å²) < 4.78 is 27.0. The SMILES string of the molecule is CC(C)c1cc(C(C)C)c(Cl)cn1.CC(C)c1cc(F)c(C(C)C)c(F)c1.CC(C)c1ccnc(C(C)C)c1.CC(C)c1cnc(C(C)C)c(Cl)c1.CC(C)c1cncc(C(C)C)c1.Cc1ccc(C(C)C)cc1C(C)C.Cc1cnc(C(C)C)cc1C(C)C.Cc1ncc(C(C)C)cc1C(C)C. The summed E-state index contributed by atoms with van der Waals surface area (Å²) in [5.74, 6) is 6.85. The maximum Gasteiger partial charge on any atom is 0.129 e. The van der Waals surface area contributed by atoms with Gasteiger partial charge in [-0.3, -0.25) is 29.9 Å². The molecule has 6 aromatic heterocycles. The Morgan fingerprint density at radius 2 is 0.641 bits per heavy atom. The van der Waals surface area contributed by atoms with E-state index in [1.807, 2.05) is 57.1 Å². The van der Waals surface area contributed by atoms with Gasteiger partial charge >= 0.3 is 0 Å². The van der Waals surface area contributed by atoms with Gasteiger partial charge in [-0.05, 0) is 230 Å². The van der Waals surface area contributed by atoms with Crippen LogP contribution in [-0.4, -0.2) is 29.9 Å². The molecular formula is C93H140Cl2F2N6. The van der Waals surface area contributed by atoms with Crippen LogP contribution < -0.4 is 0 Å². The van der Waals surface area contributed by atoms with E-state index in [1.54, 1.807) is 20.0 Å². The average Bonchev–Trinajstić information content (AvgIpc) is 0.487. The lowest BCUT2D eigenvalue weighted by molar-refractivity contribution is 0.536. The molecule has 0 aliphatic rings. The van der Waals surface area contributed by atoms with Crippen molar-refractivity contribution < 1.29 is 8.78 Å². The molecule has 2 aromatic carbocycles. The highest BCUT2D eigenvalue weighted by Gasteiger charge is 2.17. The van der Waals surface area contributed by atoms with Gasteiger partial charge in [-0.15, -0.1) is 0 Å². The van der Waals surface area contributed by atoms with Crippen molar-refractivity contribution in [2.75, 3.05) is 0 Å². The molecule has 0 unspecified atom stereocenters. The predicted octanol–water partition coefficient (Wildman–Crippen LogP) is 30.3. The monoisotopic (exact) mass is 1450 g/mol. The van der Waals surface area contributed by atoms with Crippen LogP contribution in [0.2, 0.25) is 10.0 Å². The zero-order valence-corrected chi connectivity index (χ0v) is 72.4. The summed E-state index contributed by atoms with van der Waals surface area (Å²) in [6.07, 6.45) is 13.5. The largest absolute Gasteiger partial charge is 0.264 e. The third-order valence-corrected chi connectivity index (χ3v) is 18.8. The second kappa shape index (κ2) is 46.7. The Morgan fingerprint density at radius 3 is 1.05 bits per heavy atom. The van der Waals surface area contributed by atoms with Gasteiger partial charge in [0.15, 0.2) is 0 Å². The van der Waals surface area contributed by atoms with Crippen molar-refractivity contribution >= 4 is 23.2 Å². The van der Waals surface area contributed by atoms with E-state index in [0.717, 1.165) is 21.4 Å². The van der Waals surface area contributed by atoms with Gasteiger partial charge in [-0.25, -0.2) is 8.78 Å². The van der Waals surface area contributed by atoms with Crippen LogP contribution in [0.1, 0.15) is 423 Å². The van der Waals surface area contributed by atoms with Crippen LogP contribution >= 0.6 is 23.2 Å². The number of benzene rings is 2. The highest BCUT2D eigenvalue weighted by atomic mass is 35.5. The van der Waals surface area contributed by atoms with Crippen molar-refractivity contribution in [1.82, 2.24) is 29.9 Å². The molecule has 0 saturated carbocycles. The zero-order valence-electron chi connectivity index (χ0n) is 70.9. The van der Waals surface area contributed by atoms with Crippen LogP contribution in [0.3, 0.4) is 0 Å². The lowest BCUT2D eigenvalue weighted by Gasteiger charge is -2.13. The Labute approximate surface area is 639 Å². The van der Waals surface area contributed by atoms with E-state index in [9.17, 15) is 8.78 Å². The van der Waals surface area contributed by atoms with E-state index in [4.69, 9.17) is 23.2 Å². The average molecular weight is 1450 g/mol. The van der Waals surface area contributed by atoms with Crippen LogP contribution in [-0.2, 0) is 0 Å². The third kappa shape index (κ3) is 33.4. The fraction of sp³-hybridized carbons (Fsp3) is 0.548. The van der Waals surface area contributed by atoms with E-state index in [1.165, 1.54) is 96.0 Å². The van der Waals surface area contributed by atoms with E-state index in [2.05, 4.69) is 299 Å². The van der Waals surface area contributed by atoms with E-state index in [-0.39, 0.29) is 17.4 Å². The molecule has 0 N–H and O–H groups in total. The van der Waals surface area contributed by atoms with Crippen molar-refractivity contribution in [3.05, 3.63) is 244 Å². The Kier molecular flexibility index (Phi) is 43.0. The summed E-state index contributed by atoms with van der Waals surface area (Å²) in [6, 6.07) is 24.9. The molecule has 6 nitrogen and oxygen atoms in total. The number of rotatable bonds is 16. The van der Waals surface area contributed by atoms with Crippen LogP contribution in [0.15, 0.2) is 116 Å². The molecule has 570 valence electrons. The Morgan fingerprint density at radius 1 is 0.262 bits per heavy atom. The molecule has 0 spiro atoms. The fourth-order valence-corrected chi connectivity index (χ4v) is 11.5. The predicted molar refractivity (Wildman–Crippen MR) is 448 cm³/mol. The number of pyridine rings is 6. The molecule has 8 rings (SSSR count). The minimum Gasteiger partial charge on any atom is -0.264 e. The Balaban J connectivity index is 0.000000589. The van der Waals surface area contributed by atoms with Gasteiger partial charge in [0.2, 0.25) is 0 Å². The normalized spacial score (nSPS) is 11.3. The van der Waals surface area contributed by atoms with Crippen LogP contribution in [0.25, 0.3) is 0 Å². The third-order valence-electron chi connectivity index (χ3n) is 18.2. The molecular weight excluding hydrogens is 1310 g/mol. The summed E-state index contributed by atoms with van der Waals surface area (Å²) in [4.78, 5) is 26.0. The summed E-state index contributed by atoms with van der Waals surface area (Å²) in [5, 5.41) is 1.57. The van der Waals surface area contributed by atoms with Gasteiger partial charge < -0.3 is 0 Å². The molecule has 6 heterocycles. The number of aryl methyl sites for hydroxylation is 3. The van der Waals surface area contributed by atoms with Gasteiger partial charge in [-0.1, -0.05) is 275 Å². The topological polar surface area (TPSA) is 77.3 Å². The number of hydrogen-bond acceptors (Lipinski definition) is 6. The first-order valence-corrected chi connectivity index (χ1v) is 39.2. The van der Waals surface area contributed by atoms with Gasteiger partial charge in [0.1, 0.15) is 11.6 Å². The molecule has 8 aromatic rings. The van der Waals surface area contributed by atoms with Gasteiger partial charge in [-0.2, -0.15) is 0 Å². The minimum atomic E-state index is -0.427. The maximum atomic E-state index is 13.5. The second-order valence-corrected chi connectivity index (χ2v) is 33.5. The Hall–Kier alpha value is -6.22. The molecule has 0 fully saturated rings. The first-order valence-electron chi connectivity index (χ1n) is 38.5. The summed E-state index contributed by atoms with van der Waals surface area (Å²) in [5.41, 5.74) is 22.8. The molecule has 0 atom stereocenters. The molecule has 0 aliphatic heterocycles. The molecule has 10 heteroatoms. The molecule has 0 radical (unpaired) electrons. The zero-order chi connectivity index (χ0) is 79.2. The molecule has 0 aliphatic carbocycles. The highest BCUT2D eigenvalue weighted by molar-refractivity contribution is 6.31. The maximum absolute atomic E-state index is 13.5. The van der Waals surface area contributed by atoms with E-state index >= 15 is 0 Å². The quantitative estimate of drug-likeness (QED) is 0.0959. The first kappa shape index (κ1) is 94.8. The smallest absolute Gasteiger partial charge is 0.129 e. The molecule has 0 amide bonds. The van der Waals surface area contributed by atoms with Crippen LogP contribution in [0.4, 0.5) is 8.78 Å². The fourth-order valence-electron chi connectivity index (χ4n) is 10.8. The van der Waals surface area contributed by atoms with Crippen molar-refractivity contribution in [2.24, 2.45) is 0 Å². The van der Waals surface area contributed by atoms with Crippen molar-refractivity contribution in [3.63, 3.8) is 0 Å². The molecule has 0 bridgehead atoms. The van der Waals surface area contributed by atoms with Crippen molar-refractivity contribution in [3.8, 4) is 0 Å². The Bertz CT molecular complexity index is 3370. The van der Waals surface area contributed by atoms with Gasteiger partial charge in [0.25, 0.3) is 0 Å². The number of hydrogen-bond donors (Lipinski definition) is 0. The van der Waals surface area contributed by atoms with Crippen molar-refractivity contribution in [1.29, 1.82) is 0 Å². The van der Waals surface area contributed by atoms with Crippen LogP contribution in [0, 0.1) is 32.4 Å². The standard InChI is InChI=1S/C13H20.C12H16F2.2C12H19N.2C11H16ClN.2C11H17N/c1-9(2)12-7-6-11(5)13(8-12)10(3)4;1-7(2)9-5-10(13)12(8(3)4)11(14)6-9;1-8(2)11-6-12(9(3)4)10(5)13-7-11;1-8(2)11-6-12(9(3)4)13-7-10(11)5;1-7(2)9-5-11(8(3)4)13-6-10(9)12;1-7(2)9-5-10(12)11(8(3)4)13-6-9;1-8(2)10-5-11(9(3)4)7-12-6-10;1-8(2)10-5-6-12-11(7-10)9(3)4/h6-10H,1-5H3;5-8H,1-4H3;2*6-9H,1-5H3;2*5-8H,1-4H3;2*5-9H,1-4H3. The number of aromatic nitrogens is 6. The van der Waals surface area contributed by atoms with Gasteiger partial charge in [0.05, 0.1) is 15.7 Å². The van der Waals surface area contributed by atoms with E-state index in [0.29, 0.717) is 88.4 Å². The number of halogens is 4. The molecule has 103 heavy (non-hydrogen) atoms.